The highest BCUT2D eigenvalue weighted by Crippen LogP contribution is 2.31. The summed E-state index contributed by atoms with van der Waals surface area (Å²) in [7, 11) is 0. The van der Waals surface area contributed by atoms with Crippen molar-refractivity contribution in [1.29, 1.82) is 0 Å². The zero-order valence-corrected chi connectivity index (χ0v) is 19.6. The number of aromatic hydroxyl groups is 1. The molecule has 3 aromatic carbocycles. The van der Waals surface area contributed by atoms with Crippen molar-refractivity contribution < 1.29 is 5.11 Å². The van der Waals surface area contributed by atoms with Crippen LogP contribution in [0.4, 0.5) is 0 Å². The third-order valence-corrected chi connectivity index (χ3v) is 6.37. The first-order chi connectivity index (χ1) is 14.6. The molecule has 1 aliphatic heterocycles. The average molecular weight is 529 g/mol. The van der Waals surface area contributed by atoms with Crippen molar-refractivity contribution >= 4 is 38.1 Å². The number of hydrogen-bond acceptors (Lipinski definition) is 4. The van der Waals surface area contributed by atoms with Crippen LogP contribution < -0.4 is 0 Å². The number of hydrazone groups is 1. The van der Waals surface area contributed by atoms with E-state index in [-0.39, 0.29) is 11.8 Å². The van der Waals surface area contributed by atoms with Crippen LogP contribution in [0.25, 0.3) is 0 Å². The second kappa shape index (κ2) is 9.77. The van der Waals surface area contributed by atoms with Gasteiger partial charge >= 0.3 is 0 Å². The molecule has 1 fully saturated rings. The lowest BCUT2D eigenvalue weighted by atomic mass is 9.96. The highest BCUT2D eigenvalue weighted by Gasteiger charge is 2.25. The van der Waals surface area contributed by atoms with Gasteiger partial charge in [-0.2, -0.15) is 5.10 Å². The quantitative estimate of drug-likeness (QED) is 0.434. The maximum Gasteiger partial charge on any atom is 0.138 e. The molecule has 6 heteroatoms. The van der Waals surface area contributed by atoms with Gasteiger partial charge in [-0.1, -0.05) is 76.6 Å². The number of hydrogen-bond donors (Lipinski definition) is 1. The monoisotopic (exact) mass is 527 g/mol. The summed E-state index contributed by atoms with van der Waals surface area (Å²) in [5.74, 6) is 0.203. The highest BCUT2D eigenvalue weighted by molar-refractivity contribution is 9.11. The fourth-order valence-electron chi connectivity index (χ4n) is 3.80. The molecule has 0 radical (unpaired) electrons. The van der Waals surface area contributed by atoms with Crippen molar-refractivity contribution in [2.45, 2.75) is 6.04 Å². The van der Waals surface area contributed by atoms with Gasteiger partial charge < -0.3 is 5.11 Å². The van der Waals surface area contributed by atoms with Gasteiger partial charge in [0.05, 0.1) is 16.7 Å². The van der Waals surface area contributed by atoms with E-state index >= 15 is 0 Å². The van der Waals surface area contributed by atoms with Gasteiger partial charge in [0, 0.05) is 36.2 Å². The molecule has 0 aromatic heterocycles. The molecule has 30 heavy (non-hydrogen) atoms. The van der Waals surface area contributed by atoms with Gasteiger partial charge in [-0.05, 0) is 39.2 Å². The Hall–Kier alpha value is -2.15. The molecule has 0 bridgehead atoms. The SMILES string of the molecule is Oc1c(Br)cc(Br)cc1/C=N\N1CCN(C(c2ccccc2)c2ccccc2)CC1. The third kappa shape index (κ3) is 4.94. The molecular weight excluding hydrogens is 506 g/mol. The van der Waals surface area contributed by atoms with Gasteiger partial charge in [0.15, 0.2) is 0 Å². The Balaban J connectivity index is 1.48. The first kappa shape index (κ1) is 21.1. The predicted molar refractivity (Wildman–Crippen MR) is 129 cm³/mol. The number of nitrogens with zero attached hydrogens (tertiary/aromatic N) is 3. The van der Waals surface area contributed by atoms with Gasteiger partial charge in [0.2, 0.25) is 0 Å². The minimum Gasteiger partial charge on any atom is -0.506 e. The summed E-state index contributed by atoms with van der Waals surface area (Å²) < 4.78 is 1.55. The summed E-state index contributed by atoms with van der Waals surface area (Å²) in [6.07, 6.45) is 1.73. The van der Waals surface area contributed by atoms with Crippen LogP contribution in [0.1, 0.15) is 22.7 Å². The largest absolute Gasteiger partial charge is 0.506 e. The summed E-state index contributed by atoms with van der Waals surface area (Å²) in [5.41, 5.74) is 3.30. The highest BCUT2D eigenvalue weighted by atomic mass is 79.9. The van der Waals surface area contributed by atoms with E-state index in [1.165, 1.54) is 11.1 Å². The van der Waals surface area contributed by atoms with Gasteiger partial charge in [-0.25, -0.2) is 0 Å². The number of phenolic OH excluding ortho intramolecular Hbond substituents is 1. The Kier molecular flexibility index (Phi) is 6.87. The summed E-state index contributed by atoms with van der Waals surface area (Å²) in [4.78, 5) is 2.52. The van der Waals surface area contributed by atoms with Crippen LogP contribution in [0.3, 0.4) is 0 Å². The van der Waals surface area contributed by atoms with Crippen LogP contribution in [-0.2, 0) is 0 Å². The molecule has 0 unspecified atom stereocenters. The van der Waals surface area contributed by atoms with Crippen molar-refractivity contribution in [3.8, 4) is 5.75 Å². The van der Waals surface area contributed by atoms with E-state index in [2.05, 4.69) is 108 Å². The lowest BCUT2D eigenvalue weighted by Gasteiger charge is -2.38. The van der Waals surface area contributed by atoms with E-state index in [0.717, 1.165) is 30.7 Å². The maximum absolute atomic E-state index is 10.2. The van der Waals surface area contributed by atoms with Crippen LogP contribution in [-0.4, -0.2) is 47.4 Å². The van der Waals surface area contributed by atoms with E-state index < -0.39 is 0 Å². The Morgan fingerprint density at radius 3 is 1.97 bits per heavy atom. The van der Waals surface area contributed by atoms with Gasteiger partial charge in [0.25, 0.3) is 0 Å². The molecule has 1 heterocycles. The Morgan fingerprint density at radius 1 is 0.833 bits per heavy atom. The standard InChI is InChI=1S/C24H23Br2N3O/c25-21-15-20(24(30)22(26)16-21)17-27-29-13-11-28(12-14-29)23(18-7-3-1-4-8-18)19-9-5-2-6-10-19/h1-10,15-17,23,30H,11-14H2/b27-17-. The fourth-order valence-corrected chi connectivity index (χ4v) is 5.06. The van der Waals surface area contributed by atoms with Crippen LogP contribution in [0.15, 0.2) is 86.8 Å². The zero-order valence-electron chi connectivity index (χ0n) is 16.5. The van der Waals surface area contributed by atoms with E-state index in [1.54, 1.807) is 6.21 Å². The van der Waals surface area contributed by atoms with Gasteiger partial charge in [0.1, 0.15) is 5.75 Å². The number of rotatable bonds is 5. The van der Waals surface area contributed by atoms with Crippen LogP contribution in [0, 0.1) is 0 Å². The average Bonchev–Trinajstić information content (AvgIpc) is 2.78. The van der Waals surface area contributed by atoms with E-state index in [1.807, 2.05) is 12.1 Å². The van der Waals surface area contributed by atoms with Crippen molar-refractivity contribution in [2.24, 2.45) is 5.10 Å². The zero-order chi connectivity index (χ0) is 20.9. The Morgan fingerprint density at radius 2 is 1.40 bits per heavy atom. The van der Waals surface area contributed by atoms with Gasteiger partial charge in [-0.3, -0.25) is 9.91 Å². The first-order valence-corrected chi connectivity index (χ1v) is 11.5. The molecule has 3 aromatic rings. The van der Waals surface area contributed by atoms with Gasteiger partial charge in [-0.15, -0.1) is 0 Å². The lowest BCUT2D eigenvalue weighted by molar-refractivity contribution is 0.113. The van der Waals surface area contributed by atoms with Crippen LogP contribution in [0.2, 0.25) is 0 Å². The number of benzene rings is 3. The van der Waals surface area contributed by atoms with Crippen LogP contribution >= 0.6 is 31.9 Å². The van der Waals surface area contributed by atoms with E-state index in [0.29, 0.717) is 10.0 Å². The number of phenols is 1. The minimum absolute atomic E-state index is 0.203. The smallest absolute Gasteiger partial charge is 0.138 e. The normalized spacial score (nSPS) is 15.2. The third-order valence-electron chi connectivity index (χ3n) is 5.30. The predicted octanol–water partition coefficient (Wildman–Crippen LogP) is 5.66. The second-order valence-electron chi connectivity index (χ2n) is 7.28. The van der Waals surface area contributed by atoms with E-state index in [9.17, 15) is 5.11 Å². The molecule has 1 aliphatic rings. The number of halogens is 2. The summed E-state index contributed by atoms with van der Waals surface area (Å²) in [5, 5.41) is 16.9. The number of piperazine rings is 1. The topological polar surface area (TPSA) is 39.1 Å². The molecule has 1 N–H and O–H groups in total. The minimum atomic E-state index is 0.203. The van der Waals surface area contributed by atoms with Crippen molar-refractivity contribution in [2.75, 3.05) is 26.2 Å². The molecule has 4 rings (SSSR count). The first-order valence-electron chi connectivity index (χ1n) is 9.92. The Labute approximate surface area is 194 Å². The van der Waals surface area contributed by atoms with Crippen molar-refractivity contribution in [3.63, 3.8) is 0 Å². The molecule has 154 valence electrons. The Bertz CT molecular complexity index is 964. The molecule has 0 aliphatic carbocycles. The summed E-state index contributed by atoms with van der Waals surface area (Å²) >= 11 is 6.83. The maximum atomic E-state index is 10.2. The molecule has 1 saturated heterocycles. The molecule has 0 saturated carbocycles. The summed E-state index contributed by atoms with van der Waals surface area (Å²) in [6.45, 7) is 3.51. The second-order valence-corrected chi connectivity index (χ2v) is 9.05. The van der Waals surface area contributed by atoms with Crippen molar-refractivity contribution in [1.82, 2.24) is 9.91 Å². The van der Waals surface area contributed by atoms with Crippen molar-refractivity contribution in [3.05, 3.63) is 98.4 Å². The molecule has 0 amide bonds. The lowest BCUT2D eigenvalue weighted by Crippen LogP contribution is -2.45. The summed E-state index contributed by atoms with van der Waals surface area (Å²) in [6, 6.07) is 25.3. The fraction of sp³-hybridized carbons (Fsp3) is 0.208. The molecule has 4 nitrogen and oxygen atoms in total. The van der Waals surface area contributed by atoms with Crippen LogP contribution in [0.5, 0.6) is 5.75 Å². The molecule has 0 atom stereocenters. The molecule has 0 spiro atoms. The molecular formula is C24H23Br2N3O. The van der Waals surface area contributed by atoms with E-state index in [4.69, 9.17) is 0 Å².